The number of rotatable bonds is 5. The van der Waals surface area contributed by atoms with Crippen LogP contribution < -0.4 is 0 Å². The molecule has 7 heteroatoms. The molecule has 0 N–H and O–H groups in total. The van der Waals surface area contributed by atoms with Gasteiger partial charge < -0.3 is 9.80 Å². The van der Waals surface area contributed by atoms with Gasteiger partial charge in [0.2, 0.25) is 5.91 Å². The van der Waals surface area contributed by atoms with E-state index in [0.717, 1.165) is 12.8 Å². The molecule has 0 spiro atoms. The maximum Gasteiger partial charge on any atom is 0.255 e. The molecule has 1 aliphatic rings. The van der Waals surface area contributed by atoms with E-state index in [1.165, 1.54) is 4.88 Å². The van der Waals surface area contributed by atoms with Crippen LogP contribution in [0.4, 0.5) is 0 Å². The molecule has 3 rings (SSSR count). The molecule has 2 amide bonds. The molecule has 0 saturated carbocycles. The first-order valence-electron chi connectivity index (χ1n) is 8.59. The van der Waals surface area contributed by atoms with Crippen LogP contribution in [0.25, 0.3) is 0 Å². The molecule has 2 heterocycles. The summed E-state index contributed by atoms with van der Waals surface area (Å²) in [5.74, 6) is 0.0248. The minimum atomic E-state index is -0.137. The smallest absolute Gasteiger partial charge is 0.255 e. The first-order chi connectivity index (χ1) is 12.6. The van der Waals surface area contributed by atoms with Crippen LogP contribution in [0.3, 0.4) is 0 Å². The van der Waals surface area contributed by atoms with Crippen LogP contribution >= 0.6 is 34.5 Å². The van der Waals surface area contributed by atoms with Crippen molar-refractivity contribution in [1.29, 1.82) is 0 Å². The number of benzene rings is 1. The van der Waals surface area contributed by atoms with E-state index in [0.29, 0.717) is 43.2 Å². The Hall–Kier alpha value is -1.56. The van der Waals surface area contributed by atoms with E-state index in [-0.39, 0.29) is 16.8 Å². The van der Waals surface area contributed by atoms with Crippen molar-refractivity contribution in [3.63, 3.8) is 0 Å². The highest BCUT2D eigenvalue weighted by Gasteiger charge is 2.26. The number of nitrogens with zero attached hydrogens (tertiary/aromatic N) is 2. The zero-order valence-electron chi connectivity index (χ0n) is 14.3. The van der Waals surface area contributed by atoms with Gasteiger partial charge in [-0.1, -0.05) is 35.3 Å². The number of hydrogen-bond acceptors (Lipinski definition) is 3. The maximum absolute atomic E-state index is 12.6. The monoisotopic (exact) mass is 410 g/mol. The van der Waals surface area contributed by atoms with Gasteiger partial charge in [-0.2, -0.15) is 0 Å². The number of aryl methyl sites for hydroxylation is 1. The van der Waals surface area contributed by atoms with E-state index in [9.17, 15) is 9.59 Å². The molecular weight excluding hydrogens is 391 g/mol. The van der Waals surface area contributed by atoms with Crippen LogP contribution in [0.15, 0.2) is 35.7 Å². The topological polar surface area (TPSA) is 40.6 Å². The summed E-state index contributed by atoms with van der Waals surface area (Å²) in [6.07, 6.45) is 2.34. The Morgan fingerprint density at radius 3 is 2.42 bits per heavy atom. The predicted octanol–water partition coefficient (Wildman–Crippen LogP) is 4.36. The number of halogens is 2. The molecule has 1 aliphatic heterocycles. The van der Waals surface area contributed by atoms with Gasteiger partial charge in [0.1, 0.15) is 0 Å². The van der Waals surface area contributed by atoms with Crippen molar-refractivity contribution < 1.29 is 9.59 Å². The quantitative estimate of drug-likeness (QED) is 0.734. The summed E-state index contributed by atoms with van der Waals surface area (Å²) in [5.41, 5.74) is 0.412. The second kappa shape index (κ2) is 8.89. The fraction of sp³-hybridized carbons (Fsp3) is 0.368. The van der Waals surface area contributed by atoms with Crippen LogP contribution in [0.2, 0.25) is 10.0 Å². The number of thiophene rings is 1. The third-order valence-corrected chi connectivity index (χ3v) is 6.25. The van der Waals surface area contributed by atoms with Crippen molar-refractivity contribution in [3.8, 4) is 0 Å². The highest BCUT2D eigenvalue weighted by atomic mass is 35.5. The second-order valence-corrected chi connectivity index (χ2v) is 8.02. The Balaban J connectivity index is 1.48. The summed E-state index contributed by atoms with van der Waals surface area (Å²) in [5, 5.41) is 2.71. The van der Waals surface area contributed by atoms with Gasteiger partial charge in [0.05, 0.1) is 15.6 Å². The summed E-state index contributed by atoms with van der Waals surface area (Å²) >= 11 is 13.9. The molecule has 0 bridgehead atoms. The molecule has 1 aromatic heterocycles. The highest BCUT2D eigenvalue weighted by Crippen LogP contribution is 2.26. The molecule has 1 fully saturated rings. The number of carbonyl (C=O) groups excluding carboxylic acids is 2. The number of piperazine rings is 1. The van der Waals surface area contributed by atoms with E-state index < -0.39 is 0 Å². The van der Waals surface area contributed by atoms with Crippen LogP contribution in [0.1, 0.15) is 28.1 Å². The van der Waals surface area contributed by atoms with Crippen molar-refractivity contribution in [2.24, 2.45) is 0 Å². The first-order valence-corrected chi connectivity index (χ1v) is 10.2. The summed E-state index contributed by atoms with van der Waals surface area (Å²) in [4.78, 5) is 29.9. The summed E-state index contributed by atoms with van der Waals surface area (Å²) in [6, 6.07) is 9.19. The van der Waals surface area contributed by atoms with E-state index in [4.69, 9.17) is 23.2 Å². The lowest BCUT2D eigenvalue weighted by atomic mass is 10.1. The summed E-state index contributed by atoms with van der Waals surface area (Å²) in [7, 11) is 0. The number of hydrogen-bond donors (Lipinski definition) is 0. The molecular formula is C19H20Cl2N2O2S. The molecule has 138 valence electrons. The van der Waals surface area contributed by atoms with Gasteiger partial charge in [-0.3, -0.25) is 9.59 Å². The van der Waals surface area contributed by atoms with E-state index >= 15 is 0 Å². The lowest BCUT2D eigenvalue weighted by Gasteiger charge is -2.35. The van der Waals surface area contributed by atoms with Gasteiger partial charge >= 0.3 is 0 Å². The summed E-state index contributed by atoms with van der Waals surface area (Å²) in [6.45, 7) is 2.14. The second-order valence-electron chi connectivity index (χ2n) is 6.21. The van der Waals surface area contributed by atoms with E-state index in [2.05, 4.69) is 11.4 Å². The fourth-order valence-electron chi connectivity index (χ4n) is 3.03. The Bertz CT molecular complexity index is 772. The fourth-order valence-corrected chi connectivity index (χ4v) is 4.16. The first kappa shape index (κ1) is 19.2. The van der Waals surface area contributed by atoms with Crippen molar-refractivity contribution in [3.05, 3.63) is 56.2 Å². The molecule has 0 unspecified atom stereocenters. The largest absolute Gasteiger partial charge is 0.339 e. The molecule has 26 heavy (non-hydrogen) atoms. The van der Waals surface area contributed by atoms with Gasteiger partial charge in [0, 0.05) is 37.5 Å². The van der Waals surface area contributed by atoms with Crippen LogP contribution in [-0.2, 0) is 11.2 Å². The summed E-state index contributed by atoms with van der Waals surface area (Å²) < 4.78 is 0. The molecule has 4 nitrogen and oxygen atoms in total. The molecule has 2 aromatic rings. The van der Waals surface area contributed by atoms with Crippen LogP contribution in [0, 0.1) is 0 Å². The third kappa shape index (κ3) is 4.58. The number of amides is 2. The normalized spacial score (nSPS) is 14.5. The average molecular weight is 411 g/mol. The van der Waals surface area contributed by atoms with E-state index in [1.54, 1.807) is 34.4 Å². The minimum absolute atomic E-state index is 0.137. The maximum atomic E-state index is 12.6. The SMILES string of the molecule is O=C(CCCc1cccs1)N1CCN(C(=O)c2cccc(Cl)c2Cl)CC1. The molecule has 0 atom stereocenters. The van der Waals surface area contributed by atoms with Gasteiger partial charge in [0.25, 0.3) is 5.91 Å². The van der Waals surface area contributed by atoms with Crippen molar-refractivity contribution in [2.75, 3.05) is 26.2 Å². The predicted molar refractivity (Wildman–Crippen MR) is 106 cm³/mol. The zero-order chi connectivity index (χ0) is 18.5. The molecule has 0 radical (unpaired) electrons. The lowest BCUT2D eigenvalue weighted by molar-refractivity contribution is -0.132. The Morgan fingerprint density at radius 2 is 1.73 bits per heavy atom. The lowest BCUT2D eigenvalue weighted by Crippen LogP contribution is -2.50. The van der Waals surface area contributed by atoms with Crippen molar-refractivity contribution >= 4 is 46.4 Å². The molecule has 0 aliphatic carbocycles. The Labute approximate surface area is 167 Å². The van der Waals surface area contributed by atoms with Crippen molar-refractivity contribution in [1.82, 2.24) is 9.80 Å². The highest BCUT2D eigenvalue weighted by molar-refractivity contribution is 7.09. The van der Waals surface area contributed by atoms with Crippen molar-refractivity contribution in [2.45, 2.75) is 19.3 Å². The standard InChI is InChI=1S/C19H20Cl2N2O2S/c20-16-7-2-6-15(18(16)21)19(25)23-11-9-22(10-12-23)17(24)8-1-4-14-5-3-13-26-14/h2-3,5-7,13H,1,4,8-12H2. The molecule has 1 aromatic carbocycles. The van der Waals surface area contributed by atoms with Crippen LogP contribution in [0.5, 0.6) is 0 Å². The average Bonchev–Trinajstić information content (AvgIpc) is 3.17. The third-order valence-electron chi connectivity index (χ3n) is 4.50. The van der Waals surface area contributed by atoms with Gasteiger partial charge in [0.15, 0.2) is 0 Å². The van der Waals surface area contributed by atoms with Gasteiger partial charge in [-0.15, -0.1) is 11.3 Å². The van der Waals surface area contributed by atoms with Gasteiger partial charge in [-0.05, 0) is 36.4 Å². The Kier molecular flexibility index (Phi) is 6.57. The minimum Gasteiger partial charge on any atom is -0.339 e. The molecule has 1 saturated heterocycles. The van der Waals surface area contributed by atoms with E-state index in [1.807, 2.05) is 11.0 Å². The number of carbonyl (C=O) groups is 2. The van der Waals surface area contributed by atoms with Gasteiger partial charge in [-0.25, -0.2) is 0 Å². The van der Waals surface area contributed by atoms with Crippen LogP contribution in [-0.4, -0.2) is 47.8 Å². The Morgan fingerprint density at radius 1 is 1.00 bits per heavy atom. The zero-order valence-corrected chi connectivity index (χ0v) is 16.6.